The van der Waals surface area contributed by atoms with Crippen LogP contribution in [-0.4, -0.2) is 16.6 Å². The third kappa shape index (κ3) is 3.00. The van der Waals surface area contributed by atoms with Crippen molar-refractivity contribution in [3.05, 3.63) is 58.9 Å². The second-order valence-corrected chi connectivity index (χ2v) is 4.50. The maximum absolute atomic E-state index is 10.0. The van der Waals surface area contributed by atoms with Crippen molar-refractivity contribution in [1.29, 1.82) is 0 Å². The standard InChI is InChI=1S/C14H15ClN2O/c1-10-12(15)5-2-6-13(10)17-9-14(18)11-4-3-7-16-8-11/h2-8,14,17-18H,9H2,1H3. The molecule has 0 aliphatic heterocycles. The zero-order valence-corrected chi connectivity index (χ0v) is 10.9. The number of anilines is 1. The van der Waals surface area contributed by atoms with E-state index >= 15 is 0 Å². The van der Waals surface area contributed by atoms with E-state index in [-0.39, 0.29) is 0 Å². The first-order chi connectivity index (χ1) is 8.68. The number of hydrogen-bond acceptors (Lipinski definition) is 3. The van der Waals surface area contributed by atoms with Crippen LogP contribution < -0.4 is 5.32 Å². The van der Waals surface area contributed by atoms with Gasteiger partial charge in [0.25, 0.3) is 0 Å². The molecule has 0 aliphatic rings. The summed E-state index contributed by atoms with van der Waals surface area (Å²) in [5.74, 6) is 0. The molecule has 0 spiro atoms. The molecule has 0 fully saturated rings. The lowest BCUT2D eigenvalue weighted by atomic mass is 10.1. The zero-order chi connectivity index (χ0) is 13.0. The van der Waals surface area contributed by atoms with Gasteiger partial charge in [0.05, 0.1) is 6.10 Å². The van der Waals surface area contributed by atoms with Crippen molar-refractivity contribution in [2.75, 3.05) is 11.9 Å². The third-order valence-corrected chi connectivity index (χ3v) is 3.23. The summed E-state index contributed by atoms with van der Waals surface area (Å²) < 4.78 is 0. The van der Waals surface area contributed by atoms with Gasteiger partial charge in [-0.05, 0) is 30.7 Å². The Hall–Kier alpha value is -1.58. The summed E-state index contributed by atoms with van der Waals surface area (Å²) in [6, 6.07) is 9.33. The van der Waals surface area contributed by atoms with E-state index in [9.17, 15) is 5.11 Å². The maximum atomic E-state index is 10.0. The predicted octanol–water partition coefficient (Wildman–Crippen LogP) is 3.19. The first-order valence-corrected chi connectivity index (χ1v) is 6.13. The first kappa shape index (κ1) is 12.9. The van der Waals surface area contributed by atoms with Gasteiger partial charge < -0.3 is 10.4 Å². The van der Waals surface area contributed by atoms with Gasteiger partial charge in [0.1, 0.15) is 0 Å². The van der Waals surface area contributed by atoms with Crippen LogP contribution in [0.3, 0.4) is 0 Å². The topological polar surface area (TPSA) is 45.1 Å². The lowest BCUT2D eigenvalue weighted by molar-refractivity contribution is 0.191. The molecule has 4 heteroatoms. The van der Waals surface area contributed by atoms with Crippen molar-refractivity contribution in [2.45, 2.75) is 13.0 Å². The molecule has 94 valence electrons. The average molecular weight is 263 g/mol. The number of aromatic nitrogens is 1. The normalized spacial score (nSPS) is 12.2. The second kappa shape index (κ2) is 5.85. The first-order valence-electron chi connectivity index (χ1n) is 5.75. The van der Waals surface area contributed by atoms with Crippen molar-refractivity contribution in [3.8, 4) is 0 Å². The number of hydrogen-bond donors (Lipinski definition) is 2. The lowest BCUT2D eigenvalue weighted by Crippen LogP contribution is -2.13. The molecule has 0 bridgehead atoms. The van der Waals surface area contributed by atoms with E-state index in [4.69, 9.17) is 11.6 Å². The molecule has 0 saturated heterocycles. The maximum Gasteiger partial charge on any atom is 0.0977 e. The molecule has 2 rings (SSSR count). The summed E-state index contributed by atoms with van der Waals surface area (Å²) >= 11 is 6.03. The van der Waals surface area contributed by atoms with Gasteiger partial charge in [-0.1, -0.05) is 23.7 Å². The van der Waals surface area contributed by atoms with Crippen molar-refractivity contribution in [1.82, 2.24) is 4.98 Å². The molecular weight excluding hydrogens is 248 g/mol. The van der Waals surface area contributed by atoms with Crippen LogP contribution in [0.1, 0.15) is 17.2 Å². The Bertz CT molecular complexity index is 516. The fourth-order valence-electron chi connectivity index (χ4n) is 1.70. The number of nitrogens with one attached hydrogen (secondary N) is 1. The van der Waals surface area contributed by atoms with Gasteiger partial charge in [0, 0.05) is 35.2 Å². The zero-order valence-electron chi connectivity index (χ0n) is 10.1. The van der Waals surface area contributed by atoms with E-state index in [1.54, 1.807) is 12.4 Å². The monoisotopic (exact) mass is 262 g/mol. The Morgan fingerprint density at radius 1 is 1.33 bits per heavy atom. The number of benzene rings is 1. The van der Waals surface area contributed by atoms with Crippen LogP contribution in [0.15, 0.2) is 42.7 Å². The molecular formula is C14H15ClN2O. The van der Waals surface area contributed by atoms with Crippen molar-refractivity contribution in [3.63, 3.8) is 0 Å². The molecule has 0 aliphatic carbocycles. The van der Waals surface area contributed by atoms with Gasteiger partial charge in [0.15, 0.2) is 0 Å². The highest BCUT2D eigenvalue weighted by Crippen LogP contribution is 2.23. The summed E-state index contributed by atoms with van der Waals surface area (Å²) in [5.41, 5.74) is 2.72. The summed E-state index contributed by atoms with van der Waals surface area (Å²) in [7, 11) is 0. The van der Waals surface area contributed by atoms with Crippen molar-refractivity contribution in [2.24, 2.45) is 0 Å². The van der Waals surface area contributed by atoms with Gasteiger partial charge in [-0.15, -0.1) is 0 Å². The molecule has 0 radical (unpaired) electrons. The highest BCUT2D eigenvalue weighted by Gasteiger charge is 2.08. The van der Waals surface area contributed by atoms with Crippen molar-refractivity contribution < 1.29 is 5.11 Å². The molecule has 2 N–H and O–H groups in total. The van der Waals surface area contributed by atoms with Gasteiger partial charge in [0.2, 0.25) is 0 Å². The fraction of sp³-hybridized carbons (Fsp3) is 0.214. The molecule has 1 unspecified atom stereocenters. The minimum absolute atomic E-state index is 0.423. The molecule has 1 heterocycles. The molecule has 1 aromatic carbocycles. The Balaban J connectivity index is 2.02. The molecule has 2 aromatic rings. The fourth-order valence-corrected chi connectivity index (χ4v) is 1.87. The smallest absolute Gasteiger partial charge is 0.0977 e. The lowest BCUT2D eigenvalue weighted by Gasteiger charge is -2.14. The molecule has 3 nitrogen and oxygen atoms in total. The molecule has 18 heavy (non-hydrogen) atoms. The molecule has 0 amide bonds. The van der Waals surface area contributed by atoms with Crippen LogP contribution in [0.2, 0.25) is 5.02 Å². The SMILES string of the molecule is Cc1c(Cl)cccc1NCC(O)c1cccnc1. The number of rotatable bonds is 4. The second-order valence-electron chi connectivity index (χ2n) is 4.10. The molecule has 1 atom stereocenters. The summed E-state index contributed by atoms with van der Waals surface area (Å²) in [6.45, 7) is 2.37. The van der Waals surface area contributed by atoms with Crippen LogP contribution in [0.25, 0.3) is 0 Å². The summed E-state index contributed by atoms with van der Waals surface area (Å²) in [5, 5.41) is 13.9. The number of aliphatic hydroxyl groups is 1. The van der Waals surface area contributed by atoms with Gasteiger partial charge >= 0.3 is 0 Å². The number of pyridine rings is 1. The van der Waals surface area contributed by atoms with Crippen LogP contribution >= 0.6 is 11.6 Å². The van der Waals surface area contributed by atoms with Crippen LogP contribution in [0.4, 0.5) is 5.69 Å². The largest absolute Gasteiger partial charge is 0.387 e. The number of nitrogens with zero attached hydrogens (tertiary/aromatic N) is 1. The van der Waals surface area contributed by atoms with E-state index in [0.29, 0.717) is 6.54 Å². The van der Waals surface area contributed by atoms with E-state index in [1.165, 1.54) is 0 Å². The minimum atomic E-state index is -0.586. The number of halogens is 1. The van der Waals surface area contributed by atoms with Crippen LogP contribution in [0, 0.1) is 6.92 Å². The Morgan fingerprint density at radius 2 is 2.17 bits per heavy atom. The van der Waals surface area contributed by atoms with Crippen LogP contribution in [-0.2, 0) is 0 Å². The van der Waals surface area contributed by atoms with E-state index in [2.05, 4.69) is 10.3 Å². The Kier molecular flexibility index (Phi) is 4.18. The van der Waals surface area contributed by atoms with E-state index < -0.39 is 6.10 Å². The van der Waals surface area contributed by atoms with Gasteiger partial charge in [-0.25, -0.2) is 0 Å². The third-order valence-electron chi connectivity index (χ3n) is 2.82. The van der Waals surface area contributed by atoms with E-state index in [0.717, 1.165) is 21.8 Å². The highest BCUT2D eigenvalue weighted by atomic mass is 35.5. The molecule has 1 aromatic heterocycles. The van der Waals surface area contributed by atoms with Gasteiger partial charge in [-0.2, -0.15) is 0 Å². The summed E-state index contributed by atoms with van der Waals surface area (Å²) in [4.78, 5) is 3.98. The van der Waals surface area contributed by atoms with Crippen molar-refractivity contribution >= 4 is 17.3 Å². The van der Waals surface area contributed by atoms with E-state index in [1.807, 2.05) is 37.3 Å². The highest BCUT2D eigenvalue weighted by molar-refractivity contribution is 6.31. The van der Waals surface area contributed by atoms with Gasteiger partial charge in [-0.3, -0.25) is 4.98 Å². The predicted molar refractivity (Wildman–Crippen MR) is 73.9 cm³/mol. The molecule has 0 saturated carbocycles. The Morgan fingerprint density at radius 3 is 2.89 bits per heavy atom. The number of aliphatic hydroxyl groups excluding tert-OH is 1. The Labute approximate surface area is 111 Å². The van der Waals surface area contributed by atoms with Crippen LogP contribution in [0.5, 0.6) is 0 Å². The average Bonchev–Trinajstić information content (AvgIpc) is 2.41. The minimum Gasteiger partial charge on any atom is -0.387 e. The summed E-state index contributed by atoms with van der Waals surface area (Å²) in [6.07, 6.45) is 2.76. The quantitative estimate of drug-likeness (QED) is 0.890.